The highest BCUT2D eigenvalue weighted by Crippen LogP contribution is 2.32. The summed E-state index contributed by atoms with van der Waals surface area (Å²) in [4.78, 5) is 0. The molecule has 0 aliphatic carbocycles. The maximum atomic E-state index is 13.1. The Morgan fingerprint density at radius 2 is 1.64 bits per heavy atom. The number of methoxy groups -OCH3 is 2. The molecule has 2 aromatic carbocycles. The maximum Gasteiger partial charge on any atom is 0.161 e. The predicted octanol–water partition coefficient (Wildman–Crippen LogP) is 3.70. The monoisotopic (exact) mass is 298 g/mol. The topological polar surface area (TPSA) is 36.3 Å². The molecule has 22 heavy (non-hydrogen) atoms. The molecule has 0 N–H and O–H groups in total. The Morgan fingerprint density at radius 1 is 0.909 bits per heavy atom. The van der Waals surface area contributed by atoms with E-state index < -0.39 is 0 Å². The molecule has 0 unspecified atom stereocenters. The summed E-state index contributed by atoms with van der Waals surface area (Å²) >= 11 is 0. The number of halogens is 1. The van der Waals surface area contributed by atoms with Gasteiger partial charge >= 0.3 is 0 Å². The lowest BCUT2D eigenvalue weighted by Gasteiger charge is -2.11. The molecule has 4 nitrogen and oxygen atoms in total. The summed E-state index contributed by atoms with van der Waals surface area (Å²) < 4.78 is 25.4. The van der Waals surface area contributed by atoms with Gasteiger partial charge in [0.15, 0.2) is 11.5 Å². The van der Waals surface area contributed by atoms with Crippen LogP contribution in [0.1, 0.15) is 0 Å². The normalized spacial score (nSPS) is 10.5. The highest BCUT2D eigenvalue weighted by Gasteiger charge is 2.11. The molecule has 1 heterocycles. The van der Waals surface area contributed by atoms with Crippen molar-refractivity contribution in [2.45, 2.75) is 0 Å². The zero-order chi connectivity index (χ0) is 15.5. The van der Waals surface area contributed by atoms with E-state index in [1.54, 1.807) is 37.2 Å². The molecule has 0 spiro atoms. The van der Waals surface area contributed by atoms with Gasteiger partial charge in [-0.15, -0.1) is 0 Å². The van der Waals surface area contributed by atoms with E-state index in [0.717, 1.165) is 16.9 Å². The number of rotatable bonds is 4. The summed E-state index contributed by atoms with van der Waals surface area (Å²) in [5, 5.41) is 4.31. The van der Waals surface area contributed by atoms with E-state index in [-0.39, 0.29) is 5.82 Å². The average Bonchev–Trinajstić information content (AvgIpc) is 3.04. The van der Waals surface area contributed by atoms with Crippen LogP contribution in [0.4, 0.5) is 4.39 Å². The number of hydrogen-bond acceptors (Lipinski definition) is 3. The van der Waals surface area contributed by atoms with Crippen LogP contribution in [0.5, 0.6) is 11.5 Å². The van der Waals surface area contributed by atoms with Crippen molar-refractivity contribution in [3.8, 4) is 28.4 Å². The van der Waals surface area contributed by atoms with E-state index in [2.05, 4.69) is 5.10 Å². The second-order valence-electron chi connectivity index (χ2n) is 4.67. The molecular formula is C17H15FN2O2. The van der Waals surface area contributed by atoms with Crippen molar-refractivity contribution < 1.29 is 13.9 Å². The molecule has 5 heteroatoms. The molecule has 0 amide bonds. The van der Waals surface area contributed by atoms with Gasteiger partial charge in [-0.25, -0.2) is 9.07 Å². The fourth-order valence-corrected chi connectivity index (χ4v) is 2.31. The average molecular weight is 298 g/mol. The molecule has 3 aromatic rings. The molecule has 0 saturated heterocycles. The Hall–Kier alpha value is -2.82. The number of nitrogens with zero attached hydrogens (tertiary/aromatic N) is 2. The van der Waals surface area contributed by atoms with Crippen LogP contribution < -0.4 is 9.47 Å². The Bertz CT molecular complexity index is 782. The van der Waals surface area contributed by atoms with Gasteiger partial charge in [0.25, 0.3) is 0 Å². The van der Waals surface area contributed by atoms with Crippen LogP contribution in [0.25, 0.3) is 16.9 Å². The SMILES string of the molecule is COc1ccc(-c2ccnn2-c2ccc(F)cc2)cc1OC. The van der Waals surface area contributed by atoms with Gasteiger partial charge in [-0.05, 0) is 48.5 Å². The van der Waals surface area contributed by atoms with Crippen molar-refractivity contribution in [2.75, 3.05) is 14.2 Å². The van der Waals surface area contributed by atoms with Crippen LogP contribution in [0.2, 0.25) is 0 Å². The molecule has 0 atom stereocenters. The third kappa shape index (κ3) is 2.53. The smallest absolute Gasteiger partial charge is 0.161 e. The molecule has 112 valence electrons. The molecule has 0 radical (unpaired) electrons. The first kappa shape index (κ1) is 14.1. The van der Waals surface area contributed by atoms with E-state index in [0.29, 0.717) is 11.5 Å². The third-order valence-electron chi connectivity index (χ3n) is 3.39. The Morgan fingerprint density at radius 3 is 2.32 bits per heavy atom. The predicted molar refractivity (Wildman–Crippen MR) is 82.1 cm³/mol. The van der Waals surface area contributed by atoms with Crippen molar-refractivity contribution in [3.63, 3.8) is 0 Å². The summed E-state index contributed by atoms with van der Waals surface area (Å²) in [7, 11) is 3.19. The fourth-order valence-electron chi connectivity index (χ4n) is 2.31. The molecule has 0 fully saturated rings. The summed E-state index contributed by atoms with van der Waals surface area (Å²) in [5.41, 5.74) is 2.60. The van der Waals surface area contributed by atoms with Gasteiger partial charge in [-0.3, -0.25) is 0 Å². The number of aromatic nitrogens is 2. The third-order valence-corrected chi connectivity index (χ3v) is 3.39. The highest BCUT2D eigenvalue weighted by molar-refractivity contribution is 5.66. The summed E-state index contributed by atoms with van der Waals surface area (Å²) in [5.74, 6) is 1.04. The second-order valence-corrected chi connectivity index (χ2v) is 4.67. The number of ether oxygens (including phenoxy) is 2. The van der Waals surface area contributed by atoms with Crippen molar-refractivity contribution in [3.05, 3.63) is 60.5 Å². The quantitative estimate of drug-likeness (QED) is 0.737. The molecule has 3 rings (SSSR count). The van der Waals surface area contributed by atoms with E-state index in [4.69, 9.17) is 9.47 Å². The Balaban J connectivity index is 2.07. The molecule has 0 saturated carbocycles. The van der Waals surface area contributed by atoms with Crippen molar-refractivity contribution >= 4 is 0 Å². The first-order valence-electron chi connectivity index (χ1n) is 6.75. The van der Waals surface area contributed by atoms with Crippen molar-refractivity contribution in [2.24, 2.45) is 0 Å². The van der Waals surface area contributed by atoms with Crippen LogP contribution in [0, 0.1) is 5.82 Å². The number of benzene rings is 2. The summed E-state index contributed by atoms with van der Waals surface area (Å²) in [6.45, 7) is 0. The van der Waals surface area contributed by atoms with Gasteiger partial charge in [0.2, 0.25) is 0 Å². The van der Waals surface area contributed by atoms with Crippen LogP contribution >= 0.6 is 0 Å². The minimum Gasteiger partial charge on any atom is -0.493 e. The van der Waals surface area contributed by atoms with Crippen LogP contribution in [0.3, 0.4) is 0 Å². The molecule has 0 bridgehead atoms. The van der Waals surface area contributed by atoms with Gasteiger partial charge in [-0.1, -0.05) is 0 Å². The minimum atomic E-state index is -0.274. The lowest BCUT2D eigenvalue weighted by Crippen LogP contribution is -1.99. The second kappa shape index (κ2) is 5.89. The van der Waals surface area contributed by atoms with Crippen molar-refractivity contribution in [1.82, 2.24) is 9.78 Å². The molecule has 0 aliphatic heterocycles. The molecule has 0 aliphatic rings. The van der Waals surface area contributed by atoms with Gasteiger partial charge in [0.1, 0.15) is 5.82 Å². The lowest BCUT2D eigenvalue weighted by molar-refractivity contribution is 0.355. The largest absolute Gasteiger partial charge is 0.493 e. The van der Waals surface area contributed by atoms with E-state index in [9.17, 15) is 4.39 Å². The molecular weight excluding hydrogens is 283 g/mol. The lowest BCUT2D eigenvalue weighted by atomic mass is 10.1. The number of hydrogen-bond donors (Lipinski definition) is 0. The van der Waals surface area contributed by atoms with Gasteiger partial charge in [0, 0.05) is 5.56 Å². The summed E-state index contributed by atoms with van der Waals surface area (Å²) in [6, 6.07) is 13.7. The Labute approximate surface area is 127 Å². The van der Waals surface area contributed by atoms with Crippen molar-refractivity contribution in [1.29, 1.82) is 0 Å². The minimum absolute atomic E-state index is 0.274. The first-order valence-corrected chi connectivity index (χ1v) is 6.75. The van der Waals surface area contributed by atoms with E-state index >= 15 is 0 Å². The van der Waals surface area contributed by atoms with Crippen LogP contribution in [0.15, 0.2) is 54.7 Å². The molecule has 1 aromatic heterocycles. The van der Waals surface area contributed by atoms with Crippen LogP contribution in [-0.4, -0.2) is 24.0 Å². The summed E-state index contributed by atoms with van der Waals surface area (Å²) in [6.07, 6.45) is 1.70. The van der Waals surface area contributed by atoms with Gasteiger partial charge < -0.3 is 9.47 Å². The van der Waals surface area contributed by atoms with E-state index in [1.165, 1.54) is 12.1 Å². The zero-order valence-electron chi connectivity index (χ0n) is 12.3. The Kier molecular flexibility index (Phi) is 3.78. The zero-order valence-corrected chi connectivity index (χ0v) is 12.3. The van der Waals surface area contributed by atoms with Crippen LogP contribution in [-0.2, 0) is 0 Å². The standard InChI is InChI=1S/C17H15FN2O2/c1-21-16-8-3-12(11-17(16)22-2)15-9-10-19-20(15)14-6-4-13(18)5-7-14/h3-11H,1-2H3. The van der Waals surface area contributed by atoms with Gasteiger partial charge in [-0.2, -0.15) is 5.10 Å². The maximum absolute atomic E-state index is 13.1. The van der Waals surface area contributed by atoms with Gasteiger partial charge in [0.05, 0.1) is 31.8 Å². The first-order chi connectivity index (χ1) is 10.7. The fraction of sp³-hybridized carbons (Fsp3) is 0.118. The van der Waals surface area contributed by atoms with E-state index in [1.807, 2.05) is 24.3 Å². The highest BCUT2D eigenvalue weighted by atomic mass is 19.1.